The summed E-state index contributed by atoms with van der Waals surface area (Å²) in [5.41, 5.74) is 2.62. The summed E-state index contributed by atoms with van der Waals surface area (Å²) in [7, 11) is 0. The van der Waals surface area contributed by atoms with Crippen LogP contribution in [0.25, 0.3) is 11.0 Å². The topological polar surface area (TPSA) is 18.0 Å². The molecule has 3 nitrogen and oxygen atoms in total. The second kappa shape index (κ2) is 19.4. The summed E-state index contributed by atoms with van der Waals surface area (Å²) >= 11 is 0. The van der Waals surface area contributed by atoms with Crippen molar-refractivity contribution < 1.29 is 21.7 Å². The first-order chi connectivity index (χ1) is 15.4. The SMILES string of the molecule is CCCCCCCCCCCCOC[n+]1cn(CCCCCCCC)c2ccccc21.[Cl-]. The molecule has 0 radical (unpaired) electrons. The Bertz CT molecular complexity index is 685. The molecule has 0 aliphatic rings. The standard InChI is InChI=1S/C28H49N2O.ClH/c1-3-5-7-9-11-12-13-14-16-20-24-31-26-30-25-29(23-19-15-10-8-6-4-2)27-21-17-18-22-28(27)30;/h17-18,21-22,25H,3-16,19-20,23-24,26H2,1-2H3;1H/q+1;/p-1. The number of imidazole rings is 1. The van der Waals surface area contributed by atoms with Crippen LogP contribution in [0.3, 0.4) is 0 Å². The van der Waals surface area contributed by atoms with Crippen LogP contribution >= 0.6 is 0 Å². The predicted octanol–water partition coefficient (Wildman–Crippen LogP) is 5.19. The molecule has 0 saturated carbocycles. The highest BCUT2D eigenvalue weighted by atomic mass is 35.5. The van der Waals surface area contributed by atoms with E-state index in [-0.39, 0.29) is 12.4 Å². The van der Waals surface area contributed by atoms with Crippen molar-refractivity contribution >= 4 is 11.0 Å². The minimum absolute atomic E-state index is 0. The van der Waals surface area contributed by atoms with Crippen LogP contribution in [-0.2, 0) is 18.0 Å². The number of unbranched alkanes of at least 4 members (excludes halogenated alkanes) is 14. The second-order valence-electron chi connectivity index (χ2n) is 9.25. The highest BCUT2D eigenvalue weighted by Gasteiger charge is 2.14. The molecule has 0 bridgehead atoms. The molecule has 2 aromatic rings. The Morgan fingerprint density at radius 3 is 1.84 bits per heavy atom. The van der Waals surface area contributed by atoms with Crippen molar-refractivity contribution in [1.82, 2.24) is 4.57 Å². The van der Waals surface area contributed by atoms with Gasteiger partial charge in [-0.25, -0.2) is 9.13 Å². The summed E-state index contributed by atoms with van der Waals surface area (Å²) in [5.74, 6) is 0. The van der Waals surface area contributed by atoms with E-state index in [0.717, 1.165) is 13.2 Å². The van der Waals surface area contributed by atoms with Gasteiger partial charge >= 0.3 is 0 Å². The molecule has 4 heteroatoms. The molecule has 1 aromatic heterocycles. The summed E-state index contributed by atoms with van der Waals surface area (Å²) in [5, 5.41) is 0. The smallest absolute Gasteiger partial charge is 0.246 e. The molecular formula is C28H49ClN2O. The van der Waals surface area contributed by atoms with E-state index in [1.165, 1.54) is 114 Å². The summed E-state index contributed by atoms with van der Waals surface area (Å²) in [6, 6.07) is 8.74. The molecule has 0 atom stereocenters. The first-order valence-electron chi connectivity index (χ1n) is 13.4. The molecule has 184 valence electrons. The van der Waals surface area contributed by atoms with Crippen molar-refractivity contribution in [2.75, 3.05) is 6.61 Å². The molecule has 0 aliphatic heterocycles. The van der Waals surface area contributed by atoms with Gasteiger partial charge in [0.05, 0.1) is 13.2 Å². The summed E-state index contributed by atoms with van der Waals surface area (Å²) in [4.78, 5) is 0. The van der Waals surface area contributed by atoms with Crippen LogP contribution in [0.1, 0.15) is 117 Å². The lowest BCUT2D eigenvalue weighted by molar-refractivity contribution is -0.710. The van der Waals surface area contributed by atoms with Gasteiger partial charge in [0.1, 0.15) is 0 Å². The zero-order valence-electron chi connectivity index (χ0n) is 21.0. The minimum atomic E-state index is 0. The van der Waals surface area contributed by atoms with Crippen LogP contribution in [0.15, 0.2) is 30.6 Å². The van der Waals surface area contributed by atoms with Gasteiger partial charge in [-0.3, -0.25) is 0 Å². The lowest BCUT2D eigenvalue weighted by Crippen LogP contribution is -3.00. The van der Waals surface area contributed by atoms with Gasteiger partial charge < -0.3 is 17.1 Å². The Kier molecular flexibility index (Phi) is 17.6. The van der Waals surface area contributed by atoms with Gasteiger partial charge in [0.25, 0.3) is 0 Å². The van der Waals surface area contributed by atoms with E-state index in [0.29, 0.717) is 6.73 Å². The number of aromatic nitrogens is 2. The Morgan fingerprint density at radius 1 is 0.688 bits per heavy atom. The van der Waals surface area contributed by atoms with Crippen molar-refractivity contribution in [3.05, 3.63) is 30.6 Å². The van der Waals surface area contributed by atoms with Gasteiger partial charge in [-0.05, 0) is 31.4 Å². The van der Waals surface area contributed by atoms with Crippen LogP contribution in [0.5, 0.6) is 0 Å². The van der Waals surface area contributed by atoms with Gasteiger partial charge in [-0.1, -0.05) is 109 Å². The normalized spacial score (nSPS) is 11.2. The molecule has 1 aromatic carbocycles. The fourth-order valence-corrected chi connectivity index (χ4v) is 4.44. The predicted molar refractivity (Wildman–Crippen MR) is 133 cm³/mol. The van der Waals surface area contributed by atoms with Gasteiger partial charge in [0.15, 0.2) is 17.8 Å². The summed E-state index contributed by atoms with van der Waals surface area (Å²) in [6.07, 6.45) is 24.0. The van der Waals surface area contributed by atoms with Crippen molar-refractivity contribution in [3.63, 3.8) is 0 Å². The maximum atomic E-state index is 6.03. The molecule has 0 aliphatic carbocycles. The number of aryl methyl sites for hydroxylation is 1. The van der Waals surface area contributed by atoms with Crippen molar-refractivity contribution in [1.29, 1.82) is 0 Å². The number of hydrogen-bond donors (Lipinski definition) is 0. The van der Waals surface area contributed by atoms with Gasteiger partial charge in [0.2, 0.25) is 6.33 Å². The maximum absolute atomic E-state index is 6.03. The van der Waals surface area contributed by atoms with Gasteiger partial charge in [-0.15, -0.1) is 0 Å². The first kappa shape index (κ1) is 29.0. The number of nitrogens with zero attached hydrogens (tertiary/aromatic N) is 2. The van der Waals surface area contributed by atoms with Crippen molar-refractivity contribution in [2.24, 2.45) is 0 Å². The fraction of sp³-hybridized carbons (Fsp3) is 0.750. The Labute approximate surface area is 204 Å². The lowest BCUT2D eigenvalue weighted by atomic mass is 10.1. The molecule has 0 unspecified atom stereocenters. The van der Waals surface area contributed by atoms with E-state index in [2.05, 4.69) is 53.6 Å². The molecular weight excluding hydrogens is 416 g/mol. The first-order valence-corrected chi connectivity index (χ1v) is 13.4. The van der Waals surface area contributed by atoms with E-state index in [4.69, 9.17) is 4.74 Å². The van der Waals surface area contributed by atoms with Gasteiger partial charge in [0, 0.05) is 0 Å². The Hall–Kier alpha value is -1.06. The number of halogens is 1. The number of ether oxygens (including phenoxy) is 1. The number of hydrogen-bond acceptors (Lipinski definition) is 1. The van der Waals surface area contributed by atoms with Crippen molar-refractivity contribution in [2.45, 2.75) is 130 Å². The van der Waals surface area contributed by atoms with Crippen LogP contribution in [0, 0.1) is 0 Å². The third-order valence-corrected chi connectivity index (χ3v) is 6.40. The van der Waals surface area contributed by atoms with Crippen LogP contribution in [-0.4, -0.2) is 11.2 Å². The third-order valence-electron chi connectivity index (χ3n) is 6.40. The van der Waals surface area contributed by atoms with E-state index < -0.39 is 0 Å². The maximum Gasteiger partial charge on any atom is 0.246 e. The van der Waals surface area contributed by atoms with Crippen LogP contribution < -0.4 is 17.0 Å². The van der Waals surface area contributed by atoms with E-state index >= 15 is 0 Å². The van der Waals surface area contributed by atoms with Crippen LogP contribution in [0.2, 0.25) is 0 Å². The fourth-order valence-electron chi connectivity index (χ4n) is 4.44. The quantitative estimate of drug-likeness (QED) is 0.195. The molecule has 2 rings (SSSR count). The number of benzene rings is 1. The molecule has 0 saturated heterocycles. The number of rotatable bonds is 20. The lowest BCUT2D eigenvalue weighted by Gasteiger charge is -2.03. The zero-order valence-corrected chi connectivity index (χ0v) is 21.8. The Morgan fingerprint density at radius 2 is 1.22 bits per heavy atom. The summed E-state index contributed by atoms with van der Waals surface area (Å²) < 4.78 is 10.7. The Balaban J connectivity index is 0.00000512. The largest absolute Gasteiger partial charge is 1.00 e. The number of fused-ring (bicyclic) bond motifs is 1. The highest BCUT2D eigenvalue weighted by Crippen LogP contribution is 2.14. The molecule has 0 amide bonds. The minimum Gasteiger partial charge on any atom is -1.00 e. The molecule has 0 fully saturated rings. The van der Waals surface area contributed by atoms with Gasteiger partial charge in [-0.2, -0.15) is 0 Å². The monoisotopic (exact) mass is 464 g/mol. The van der Waals surface area contributed by atoms with Crippen molar-refractivity contribution in [3.8, 4) is 0 Å². The molecule has 0 spiro atoms. The third kappa shape index (κ3) is 11.7. The second-order valence-corrected chi connectivity index (χ2v) is 9.25. The number of para-hydroxylation sites is 2. The van der Waals surface area contributed by atoms with E-state index in [1.807, 2.05) is 0 Å². The zero-order chi connectivity index (χ0) is 22.0. The van der Waals surface area contributed by atoms with Crippen LogP contribution in [0.4, 0.5) is 0 Å². The average molecular weight is 465 g/mol. The molecule has 32 heavy (non-hydrogen) atoms. The molecule has 1 heterocycles. The van der Waals surface area contributed by atoms with E-state index in [9.17, 15) is 0 Å². The van der Waals surface area contributed by atoms with E-state index in [1.54, 1.807) is 0 Å². The summed E-state index contributed by atoms with van der Waals surface area (Å²) in [6.45, 7) is 7.22. The highest BCUT2D eigenvalue weighted by molar-refractivity contribution is 5.71. The molecule has 0 N–H and O–H groups in total. The average Bonchev–Trinajstić information content (AvgIpc) is 3.14.